The molecule has 1 fully saturated rings. The van der Waals surface area contributed by atoms with E-state index < -0.39 is 0 Å². The molecule has 0 aromatic carbocycles. The highest BCUT2D eigenvalue weighted by Gasteiger charge is 2.28. The monoisotopic (exact) mass is 261 g/mol. The zero-order valence-electron chi connectivity index (χ0n) is 12.3. The second-order valence-corrected chi connectivity index (χ2v) is 5.19. The predicted molar refractivity (Wildman–Crippen MR) is 74.7 cm³/mol. The van der Waals surface area contributed by atoms with Gasteiger partial charge in [-0.15, -0.1) is 0 Å². The standard InChI is InChI=1S/C14H23N5/c1-5-18-6-8-19(9-7-18)13(10-15)14-11(2)17(4)12(3)16-14/h13H,5-9H2,1-4H3. The minimum atomic E-state index is -0.209. The van der Waals surface area contributed by atoms with Gasteiger partial charge in [0.25, 0.3) is 0 Å². The molecule has 1 atom stereocenters. The molecule has 104 valence electrons. The molecule has 1 aliphatic heterocycles. The highest BCUT2D eigenvalue weighted by atomic mass is 15.3. The van der Waals surface area contributed by atoms with Crippen LogP contribution in [0.5, 0.6) is 0 Å². The van der Waals surface area contributed by atoms with Crippen LogP contribution in [0.25, 0.3) is 0 Å². The van der Waals surface area contributed by atoms with Gasteiger partial charge in [-0.3, -0.25) is 4.90 Å². The zero-order valence-corrected chi connectivity index (χ0v) is 12.3. The van der Waals surface area contributed by atoms with Gasteiger partial charge < -0.3 is 9.47 Å². The number of hydrogen-bond donors (Lipinski definition) is 0. The average molecular weight is 261 g/mol. The predicted octanol–water partition coefficient (Wildman–Crippen LogP) is 1.24. The second-order valence-electron chi connectivity index (χ2n) is 5.19. The van der Waals surface area contributed by atoms with Crippen molar-refractivity contribution in [3.05, 3.63) is 17.2 Å². The molecule has 0 radical (unpaired) electrons. The molecule has 1 unspecified atom stereocenters. The van der Waals surface area contributed by atoms with Crippen LogP contribution >= 0.6 is 0 Å². The van der Waals surface area contributed by atoms with Crippen molar-refractivity contribution in [2.24, 2.45) is 7.05 Å². The Kier molecular flexibility index (Phi) is 4.23. The molecule has 1 aromatic heterocycles. The van der Waals surface area contributed by atoms with Gasteiger partial charge in [-0.05, 0) is 20.4 Å². The molecular weight excluding hydrogens is 238 g/mol. The molecule has 1 saturated heterocycles. The first kappa shape index (κ1) is 14.0. The fourth-order valence-corrected chi connectivity index (χ4v) is 2.66. The lowest BCUT2D eigenvalue weighted by Gasteiger charge is -2.36. The first-order chi connectivity index (χ1) is 9.08. The lowest BCUT2D eigenvalue weighted by atomic mass is 10.1. The summed E-state index contributed by atoms with van der Waals surface area (Å²) in [6.45, 7) is 11.3. The molecular formula is C14H23N5. The minimum Gasteiger partial charge on any atom is -0.335 e. The summed E-state index contributed by atoms with van der Waals surface area (Å²) in [5, 5.41) is 9.52. The van der Waals surface area contributed by atoms with E-state index in [0.29, 0.717) is 0 Å². The Hall–Kier alpha value is -1.38. The van der Waals surface area contributed by atoms with Crippen molar-refractivity contribution < 1.29 is 0 Å². The maximum absolute atomic E-state index is 9.52. The van der Waals surface area contributed by atoms with Gasteiger partial charge in [0.05, 0.1) is 11.8 Å². The third kappa shape index (κ3) is 2.65. The van der Waals surface area contributed by atoms with Crippen molar-refractivity contribution in [1.29, 1.82) is 5.26 Å². The van der Waals surface area contributed by atoms with E-state index in [-0.39, 0.29) is 6.04 Å². The Morgan fingerprint density at radius 1 is 1.26 bits per heavy atom. The summed E-state index contributed by atoms with van der Waals surface area (Å²) in [6.07, 6.45) is 0. The Labute approximate surface area is 115 Å². The van der Waals surface area contributed by atoms with Crippen LogP contribution in [0.3, 0.4) is 0 Å². The Balaban J connectivity index is 2.17. The summed E-state index contributed by atoms with van der Waals surface area (Å²) < 4.78 is 2.06. The largest absolute Gasteiger partial charge is 0.335 e. The van der Waals surface area contributed by atoms with Crippen LogP contribution in [0, 0.1) is 25.2 Å². The molecule has 0 amide bonds. The second kappa shape index (κ2) is 5.72. The van der Waals surface area contributed by atoms with Crippen molar-refractivity contribution >= 4 is 0 Å². The van der Waals surface area contributed by atoms with Gasteiger partial charge in [-0.2, -0.15) is 5.26 Å². The smallest absolute Gasteiger partial charge is 0.142 e. The van der Waals surface area contributed by atoms with Crippen LogP contribution in [0.4, 0.5) is 0 Å². The molecule has 1 aliphatic rings. The summed E-state index contributed by atoms with van der Waals surface area (Å²) in [5.41, 5.74) is 2.02. The SMILES string of the molecule is CCN1CCN(C(C#N)c2nc(C)n(C)c2C)CC1. The molecule has 2 heterocycles. The van der Waals surface area contributed by atoms with Crippen LogP contribution < -0.4 is 0 Å². The van der Waals surface area contributed by atoms with E-state index in [2.05, 4.69) is 32.3 Å². The summed E-state index contributed by atoms with van der Waals surface area (Å²) >= 11 is 0. The first-order valence-corrected chi connectivity index (χ1v) is 6.94. The lowest BCUT2D eigenvalue weighted by Crippen LogP contribution is -2.47. The fourth-order valence-electron chi connectivity index (χ4n) is 2.66. The van der Waals surface area contributed by atoms with E-state index in [1.54, 1.807) is 0 Å². The minimum absolute atomic E-state index is 0.209. The number of rotatable bonds is 3. The van der Waals surface area contributed by atoms with Gasteiger partial charge >= 0.3 is 0 Å². The van der Waals surface area contributed by atoms with Crippen molar-refractivity contribution in [3.63, 3.8) is 0 Å². The maximum atomic E-state index is 9.52. The Morgan fingerprint density at radius 3 is 2.32 bits per heavy atom. The van der Waals surface area contributed by atoms with E-state index in [9.17, 15) is 5.26 Å². The van der Waals surface area contributed by atoms with E-state index in [4.69, 9.17) is 0 Å². The topological polar surface area (TPSA) is 48.1 Å². The molecule has 5 nitrogen and oxygen atoms in total. The van der Waals surface area contributed by atoms with Gasteiger partial charge in [-0.25, -0.2) is 4.98 Å². The molecule has 0 N–H and O–H groups in total. The van der Waals surface area contributed by atoms with Gasteiger partial charge in [0.1, 0.15) is 11.9 Å². The fraction of sp³-hybridized carbons (Fsp3) is 0.714. The first-order valence-electron chi connectivity index (χ1n) is 6.94. The molecule has 0 aliphatic carbocycles. The lowest BCUT2D eigenvalue weighted by molar-refractivity contribution is 0.117. The average Bonchev–Trinajstić information content (AvgIpc) is 2.68. The maximum Gasteiger partial charge on any atom is 0.142 e. The van der Waals surface area contributed by atoms with Crippen LogP contribution in [-0.2, 0) is 7.05 Å². The van der Waals surface area contributed by atoms with Crippen molar-refractivity contribution in [2.75, 3.05) is 32.7 Å². The Morgan fingerprint density at radius 2 is 1.89 bits per heavy atom. The molecule has 0 spiro atoms. The number of hydrogen-bond acceptors (Lipinski definition) is 4. The summed E-state index contributed by atoms with van der Waals surface area (Å²) in [5.74, 6) is 0.972. The van der Waals surface area contributed by atoms with Crippen molar-refractivity contribution in [3.8, 4) is 6.07 Å². The third-order valence-corrected chi connectivity index (χ3v) is 4.24. The van der Waals surface area contributed by atoms with Crippen LogP contribution in [0.15, 0.2) is 0 Å². The molecule has 1 aromatic rings. The van der Waals surface area contributed by atoms with Crippen LogP contribution in [0.1, 0.15) is 30.2 Å². The number of likely N-dealkylation sites (N-methyl/N-ethyl adjacent to an activating group) is 1. The van der Waals surface area contributed by atoms with E-state index in [0.717, 1.165) is 49.9 Å². The van der Waals surface area contributed by atoms with E-state index in [1.165, 1.54) is 0 Å². The van der Waals surface area contributed by atoms with Gasteiger partial charge in [-0.1, -0.05) is 6.92 Å². The highest BCUT2D eigenvalue weighted by molar-refractivity contribution is 5.24. The number of nitriles is 1. The van der Waals surface area contributed by atoms with Crippen LogP contribution in [0.2, 0.25) is 0 Å². The molecule has 0 bridgehead atoms. The molecule has 0 saturated carbocycles. The number of aromatic nitrogens is 2. The molecule has 19 heavy (non-hydrogen) atoms. The number of imidazole rings is 1. The quantitative estimate of drug-likeness (QED) is 0.821. The summed E-state index contributed by atoms with van der Waals surface area (Å²) in [7, 11) is 2.00. The summed E-state index contributed by atoms with van der Waals surface area (Å²) in [6, 6.07) is 2.22. The van der Waals surface area contributed by atoms with Crippen molar-refractivity contribution in [2.45, 2.75) is 26.8 Å². The zero-order chi connectivity index (χ0) is 14.0. The number of aryl methyl sites for hydroxylation is 1. The normalized spacial score (nSPS) is 19.3. The van der Waals surface area contributed by atoms with Crippen molar-refractivity contribution in [1.82, 2.24) is 19.4 Å². The van der Waals surface area contributed by atoms with Gasteiger partial charge in [0, 0.05) is 38.9 Å². The Bertz CT molecular complexity index is 477. The van der Waals surface area contributed by atoms with E-state index >= 15 is 0 Å². The number of nitrogens with zero attached hydrogens (tertiary/aromatic N) is 5. The van der Waals surface area contributed by atoms with E-state index in [1.807, 2.05) is 20.9 Å². The van der Waals surface area contributed by atoms with Gasteiger partial charge in [0.2, 0.25) is 0 Å². The third-order valence-electron chi connectivity index (χ3n) is 4.24. The van der Waals surface area contributed by atoms with Crippen LogP contribution in [-0.4, -0.2) is 52.1 Å². The van der Waals surface area contributed by atoms with Gasteiger partial charge in [0.15, 0.2) is 0 Å². The highest BCUT2D eigenvalue weighted by Crippen LogP contribution is 2.24. The summed E-state index contributed by atoms with van der Waals surface area (Å²) in [4.78, 5) is 9.25. The molecule has 2 rings (SSSR count). The molecule has 5 heteroatoms. The number of piperazine rings is 1.